The van der Waals surface area contributed by atoms with Gasteiger partial charge < -0.3 is 75.3 Å². The van der Waals surface area contributed by atoms with Crippen molar-refractivity contribution >= 4 is 5.91 Å². The van der Waals surface area contributed by atoms with Gasteiger partial charge in [0.1, 0.15) is 61.0 Å². The number of carbonyl (C=O) groups excluding carboxylic acids is 1. The quantitative estimate of drug-likeness (QED) is 0.0291. The molecular formula is C54H105NO15. The van der Waals surface area contributed by atoms with Gasteiger partial charge in [0.2, 0.25) is 5.91 Å². The minimum Gasteiger partial charge on any atom is -0.394 e. The van der Waals surface area contributed by atoms with Crippen LogP contribution in [0.4, 0.5) is 0 Å². The molecule has 2 heterocycles. The number of unbranched alkanes of at least 4 members (excludes halogenated alkanes) is 30. The smallest absolute Gasteiger partial charge is 0.249 e. The van der Waals surface area contributed by atoms with E-state index in [2.05, 4.69) is 19.2 Å². The summed E-state index contributed by atoms with van der Waals surface area (Å²) in [4.78, 5) is 13.4. The Morgan fingerprint density at radius 2 is 0.829 bits per heavy atom. The molecule has 0 bridgehead atoms. The molecule has 0 aromatic rings. The SMILES string of the molecule is CCCCCCCCCCCCCCCCCCCCC(O)C(=O)NC(COC1OC(CO)C(O)C(O)C1OC1OC(CO)C(O)C(O)C1O)C(O)C(O)CCCCCCCCCCCCCCCC. The van der Waals surface area contributed by atoms with Crippen molar-refractivity contribution in [2.24, 2.45) is 0 Å². The Kier molecular flexibility index (Phi) is 38.3. The predicted molar refractivity (Wildman–Crippen MR) is 271 cm³/mol. The molecule has 16 heteroatoms. The second kappa shape index (κ2) is 41.2. The molecule has 2 saturated heterocycles. The number of hydrogen-bond donors (Lipinski definition) is 11. The fourth-order valence-electron chi connectivity index (χ4n) is 9.73. The zero-order valence-corrected chi connectivity index (χ0v) is 43.8. The van der Waals surface area contributed by atoms with Crippen molar-refractivity contribution in [3.8, 4) is 0 Å². The van der Waals surface area contributed by atoms with Crippen molar-refractivity contribution in [3.63, 3.8) is 0 Å². The maximum atomic E-state index is 13.4. The van der Waals surface area contributed by atoms with Gasteiger partial charge in [-0.1, -0.05) is 219 Å². The summed E-state index contributed by atoms with van der Waals surface area (Å²) in [6.45, 7) is 2.42. The normalized spacial score (nSPS) is 26.8. The number of amides is 1. The van der Waals surface area contributed by atoms with Crippen molar-refractivity contribution in [2.45, 2.75) is 318 Å². The topological polar surface area (TPSA) is 268 Å². The minimum atomic E-state index is -1.87. The van der Waals surface area contributed by atoms with Crippen LogP contribution in [-0.2, 0) is 23.7 Å². The van der Waals surface area contributed by atoms with Crippen LogP contribution in [0.2, 0.25) is 0 Å². The molecule has 11 N–H and O–H groups in total. The third-order valence-electron chi connectivity index (χ3n) is 14.5. The third kappa shape index (κ3) is 26.9. The van der Waals surface area contributed by atoms with Crippen molar-refractivity contribution in [1.82, 2.24) is 5.32 Å². The van der Waals surface area contributed by atoms with E-state index in [4.69, 9.17) is 18.9 Å². The average molecular weight is 1010 g/mol. The number of ether oxygens (including phenoxy) is 4. The van der Waals surface area contributed by atoms with Gasteiger partial charge in [-0.15, -0.1) is 0 Å². The molecule has 0 aliphatic carbocycles. The molecule has 0 spiro atoms. The first-order valence-electron chi connectivity index (χ1n) is 28.5. The first kappa shape index (κ1) is 65.0. The van der Waals surface area contributed by atoms with Gasteiger partial charge in [0, 0.05) is 0 Å². The first-order chi connectivity index (χ1) is 33.9. The van der Waals surface area contributed by atoms with Crippen LogP contribution < -0.4 is 5.32 Å². The Bertz CT molecular complexity index is 1220. The highest BCUT2D eigenvalue weighted by Crippen LogP contribution is 2.30. The van der Waals surface area contributed by atoms with Crippen LogP contribution >= 0.6 is 0 Å². The third-order valence-corrected chi connectivity index (χ3v) is 14.5. The summed E-state index contributed by atoms with van der Waals surface area (Å²) < 4.78 is 22.9. The molecule has 1 amide bonds. The van der Waals surface area contributed by atoms with Crippen molar-refractivity contribution in [3.05, 3.63) is 0 Å². The minimum absolute atomic E-state index is 0.193. The predicted octanol–water partition coefficient (Wildman–Crippen LogP) is 6.50. The van der Waals surface area contributed by atoms with Gasteiger partial charge in [0.25, 0.3) is 0 Å². The van der Waals surface area contributed by atoms with Crippen LogP contribution in [0.5, 0.6) is 0 Å². The highest BCUT2D eigenvalue weighted by Gasteiger charge is 2.51. The number of nitrogens with one attached hydrogen (secondary N) is 1. The fraction of sp³-hybridized carbons (Fsp3) is 0.981. The number of aliphatic hydroxyl groups excluding tert-OH is 10. The van der Waals surface area contributed by atoms with Gasteiger partial charge in [-0.2, -0.15) is 0 Å². The van der Waals surface area contributed by atoms with Gasteiger partial charge in [0.05, 0.1) is 32.0 Å². The zero-order valence-electron chi connectivity index (χ0n) is 43.8. The number of rotatable bonds is 45. The highest BCUT2D eigenvalue weighted by atomic mass is 16.8. The summed E-state index contributed by atoms with van der Waals surface area (Å²) in [5.41, 5.74) is 0. The largest absolute Gasteiger partial charge is 0.394 e. The lowest BCUT2D eigenvalue weighted by molar-refractivity contribution is -0.368. The van der Waals surface area contributed by atoms with Crippen LogP contribution in [0.25, 0.3) is 0 Å². The summed E-state index contributed by atoms with van der Waals surface area (Å²) >= 11 is 0. The van der Waals surface area contributed by atoms with Crippen LogP contribution in [-0.4, -0.2) is 163 Å². The van der Waals surface area contributed by atoms with Gasteiger partial charge in [-0.05, 0) is 12.8 Å². The second-order valence-electron chi connectivity index (χ2n) is 20.7. The van der Waals surface area contributed by atoms with Gasteiger partial charge in [-0.25, -0.2) is 0 Å². The number of carbonyl (C=O) groups is 1. The molecule has 2 aliphatic heterocycles. The van der Waals surface area contributed by atoms with Crippen LogP contribution in [0, 0.1) is 0 Å². The van der Waals surface area contributed by atoms with E-state index in [0.29, 0.717) is 12.8 Å². The molecule has 2 fully saturated rings. The van der Waals surface area contributed by atoms with Gasteiger partial charge in [-0.3, -0.25) is 4.79 Å². The number of hydrogen-bond acceptors (Lipinski definition) is 15. The monoisotopic (exact) mass is 1010 g/mol. The standard InChI is InChI=1S/C54H105NO15/c1-3-5-7-9-11-13-15-17-19-20-21-22-24-26-28-30-32-34-36-42(59)52(66)55-40(45(60)41(58)35-33-31-29-27-25-23-18-16-14-12-10-8-6-4-2)39-67-54-51(49(64)47(62)44(38-57)69-54)70-53-50(65)48(63)46(61)43(37-56)68-53/h40-51,53-54,56-65H,3-39H2,1-2H3,(H,55,66). The zero-order chi connectivity index (χ0) is 51.4. The summed E-state index contributed by atoms with van der Waals surface area (Å²) in [6, 6.07) is -1.31. The molecule has 2 aliphatic rings. The maximum Gasteiger partial charge on any atom is 0.249 e. The van der Waals surface area contributed by atoms with Crippen molar-refractivity contribution < 1.29 is 74.8 Å². The Balaban J connectivity index is 1.91. The Morgan fingerprint density at radius 1 is 0.471 bits per heavy atom. The Labute approximate surface area is 422 Å². The van der Waals surface area contributed by atoms with Crippen LogP contribution in [0.3, 0.4) is 0 Å². The van der Waals surface area contributed by atoms with Gasteiger partial charge >= 0.3 is 0 Å². The first-order valence-corrected chi connectivity index (χ1v) is 28.5. The summed E-state index contributed by atoms with van der Waals surface area (Å²) in [5, 5.41) is 109. The van der Waals surface area contributed by atoms with Crippen LogP contribution in [0.1, 0.15) is 232 Å². The van der Waals surface area contributed by atoms with Crippen molar-refractivity contribution in [1.29, 1.82) is 0 Å². The van der Waals surface area contributed by atoms with E-state index >= 15 is 0 Å². The Morgan fingerprint density at radius 3 is 1.23 bits per heavy atom. The molecule has 416 valence electrons. The van der Waals surface area contributed by atoms with E-state index in [-0.39, 0.29) is 12.8 Å². The van der Waals surface area contributed by atoms with E-state index in [9.17, 15) is 55.9 Å². The molecule has 0 aromatic carbocycles. The van der Waals surface area contributed by atoms with Gasteiger partial charge in [0.15, 0.2) is 12.6 Å². The van der Waals surface area contributed by atoms with E-state index in [1.165, 1.54) is 141 Å². The lowest BCUT2D eigenvalue weighted by Gasteiger charge is -2.46. The molecule has 0 saturated carbocycles. The van der Waals surface area contributed by atoms with E-state index < -0.39 is 111 Å². The Hall–Kier alpha value is -1.09. The van der Waals surface area contributed by atoms with Crippen molar-refractivity contribution in [2.75, 3.05) is 19.8 Å². The second-order valence-corrected chi connectivity index (χ2v) is 20.7. The maximum absolute atomic E-state index is 13.4. The molecule has 2 rings (SSSR count). The molecule has 0 radical (unpaired) electrons. The average Bonchev–Trinajstić information content (AvgIpc) is 3.36. The molecule has 14 unspecified atom stereocenters. The lowest BCUT2D eigenvalue weighted by Crippen LogP contribution is -2.65. The van der Waals surface area contributed by atoms with E-state index in [1.54, 1.807) is 0 Å². The molecular weight excluding hydrogens is 903 g/mol. The van der Waals surface area contributed by atoms with E-state index in [0.717, 1.165) is 51.4 Å². The molecule has 70 heavy (non-hydrogen) atoms. The summed E-state index contributed by atoms with van der Waals surface area (Å²) in [5.74, 6) is -0.773. The number of aliphatic hydroxyl groups is 10. The fourth-order valence-corrected chi connectivity index (χ4v) is 9.73. The summed E-state index contributed by atoms with van der Waals surface area (Å²) in [6.07, 6.45) is 17.7. The highest BCUT2D eigenvalue weighted by molar-refractivity contribution is 5.80. The van der Waals surface area contributed by atoms with Crippen LogP contribution in [0.15, 0.2) is 0 Å². The molecule has 0 aromatic heterocycles. The van der Waals surface area contributed by atoms with E-state index in [1.807, 2.05) is 0 Å². The molecule has 16 nitrogen and oxygen atoms in total. The lowest BCUT2D eigenvalue weighted by atomic mass is 9.97. The summed E-state index contributed by atoms with van der Waals surface area (Å²) in [7, 11) is 0. The molecule has 14 atom stereocenters.